The van der Waals surface area contributed by atoms with Gasteiger partial charge >= 0.3 is 5.97 Å². The first-order chi connectivity index (χ1) is 13.1. The number of rotatable bonds is 4. The van der Waals surface area contributed by atoms with E-state index in [1.54, 1.807) is 18.2 Å². The summed E-state index contributed by atoms with van der Waals surface area (Å²) in [7, 11) is 0. The Morgan fingerprint density at radius 1 is 1.25 bits per heavy atom. The van der Waals surface area contributed by atoms with Crippen molar-refractivity contribution in [1.82, 2.24) is 0 Å². The molecular formula is C22H26ClNO4. The second-order valence-electron chi connectivity index (χ2n) is 8.12. The van der Waals surface area contributed by atoms with E-state index in [1.807, 2.05) is 19.9 Å². The van der Waals surface area contributed by atoms with Gasteiger partial charge in [-0.15, -0.1) is 0 Å². The van der Waals surface area contributed by atoms with Gasteiger partial charge in [0.2, 0.25) is 0 Å². The van der Waals surface area contributed by atoms with Crippen LogP contribution in [0.1, 0.15) is 55.5 Å². The average molecular weight is 404 g/mol. The summed E-state index contributed by atoms with van der Waals surface area (Å²) in [5.74, 6) is -0.758. The number of aromatic hydroxyl groups is 1. The molecule has 0 saturated heterocycles. The van der Waals surface area contributed by atoms with Crippen LogP contribution in [0, 0.1) is 5.92 Å². The number of nitrogens with two attached hydrogens (primary N) is 1. The van der Waals surface area contributed by atoms with E-state index in [0.717, 1.165) is 19.3 Å². The quantitative estimate of drug-likeness (QED) is 0.520. The third-order valence-electron chi connectivity index (χ3n) is 5.50. The summed E-state index contributed by atoms with van der Waals surface area (Å²) in [4.78, 5) is 12.4. The molecule has 150 valence electrons. The topological polar surface area (TPSA) is 92.8 Å². The lowest BCUT2D eigenvalue weighted by atomic mass is 9.64. The number of halogens is 1. The van der Waals surface area contributed by atoms with E-state index in [9.17, 15) is 15.0 Å². The molecule has 0 radical (unpaired) electrons. The number of benzene rings is 2. The Morgan fingerprint density at radius 3 is 2.68 bits per heavy atom. The molecule has 2 aromatic carbocycles. The van der Waals surface area contributed by atoms with Crippen LogP contribution in [0.2, 0.25) is 5.02 Å². The maximum atomic E-state index is 12.4. The Bertz CT molecular complexity index is 877. The van der Waals surface area contributed by atoms with Gasteiger partial charge in [0.1, 0.15) is 17.1 Å². The number of hydrogen-bond donors (Lipinski definition) is 3. The molecule has 1 aliphatic carbocycles. The van der Waals surface area contributed by atoms with Gasteiger partial charge in [0.15, 0.2) is 0 Å². The second kappa shape index (κ2) is 7.74. The van der Waals surface area contributed by atoms with Crippen LogP contribution in [-0.4, -0.2) is 21.7 Å². The van der Waals surface area contributed by atoms with Crippen molar-refractivity contribution in [3.63, 3.8) is 0 Å². The number of ether oxygens (including phenoxy) is 1. The summed E-state index contributed by atoms with van der Waals surface area (Å²) >= 11 is 5.80. The highest BCUT2D eigenvalue weighted by atomic mass is 35.5. The smallest absolute Gasteiger partial charge is 0.347 e. The van der Waals surface area contributed by atoms with Crippen LogP contribution >= 0.6 is 11.6 Å². The Hall–Kier alpha value is -2.08. The van der Waals surface area contributed by atoms with Crippen molar-refractivity contribution < 1.29 is 19.7 Å². The minimum Gasteiger partial charge on any atom is -0.507 e. The summed E-state index contributed by atoms with van der Waals surface area (Å²) in [6.07, 6.45) is 3.38. The van der Waals surface area contributed by atoms with Gasteiger partial charge in [-0.1, -0.05) is 36.6 Å². The van der Waals surface area contributed by atoms with E-state index in [0.29, 0.717) is 22.8 Å². The minimum atomic E-state index is -1.08. The van der Waals surface area contributed by atoms with Gasteiger partial charge in [0.25, 0.3) is 0 Å². The fourth-order valence-corrected chi connectivity index (χ4v) is 4.32. The molecule has 0 aliphatic heterocycles. The molecule has 3 rings (SSSR count). The highest BCUT2D eigenvalue weighted by Gasteiger charge is 2.46. The largest absolute Gasteiger partial charge is 0.507 e. The molecule has 6 heteroatoms. The standard InChI is InChI=1S/C22H26ClNO4/c1-21(2,24)19-8-3-4-11-22(19,27)14-6-5-7-16(12-14)28-20(26)17-10-9-15(23)13-18(17)25/h5-7,9-10,12-13,19,25,27H,3-4,8,11,24H2,1-2H3/t19-,22+/m1/s1. The van der Waals surface area contributed by atoms with Crippen molar-refractivity contribution in [2.24, 2.45) is 11.7 Å². The molecule has 0 heterocycles. The zero-order chi connectivity index (χ0) is 20.5. The third-order valence-corrected chi connectivity index (χ3v) is 5.73. The third kappa shape index (κ3) is 4.17. The van der Waals surface area contributed by atoms with E-state index in [1.165, 1.54) is 18.2 Å². The number of phenols is 1. The highest BCUT2D eigenvalue weighted by Crippen LogP contribution is 2.46. The molecule has 0 aromatic heterocycles. The second-order valence-corrected chi connectivity index (χ2v) is 8.56. The monoisotopic (exact) mass is 403 g/mol. The first-order valence-corrected chi connectivity index (χ1v) is 9.81. The summed E-state index contributed by atoms with van der Waals surface area (Å²) < 4.78 is 5.43. The Morgan fingerprint density at radius 2 is 2.00 bits per heavy atom. The van der Waals surface area contributed by atoms with Gasteiger partial charge in [-0.25, -0.2) is 4.79 Å². The van der Waals surface area contributed by atoms with Crippen LogP contribution < -0.4 is 10.5 Å². The lowest BCUT2D eigenvalue weighted by Gasteiger charge is -2.47. The molecule has 0 bridgehead atoms. The number of aliphatic hydroxyl groups is 1. The first kappa shape index (κ1) is 20.6. The SMILES string of the molecule is CC(C)(N)[C@H]1CCCC[C@]1(O)c1cccc(OC(=O)c2ccc(Cl)cc2O)c1. The van der Waals surface area contributed by atoms with Crippen molar-refractivity contribution in [1.29, 1.82) is 0 Å². The van der Waals surface area contributed by atoms with Crippen LogP contribution in [0.3, 0.4) is 0 Å². The number of esters is 1. The predicted octanol–water partition coefficient (Wildman–Crippen LogP) is 4.38. The molecule has 0 unspecified atom stereocenters. The van der Waals surface area contributed by atoms with Gasteiger partial charge in [-0.2, -0.15) is 0 Å². The van der Waals surface area contributed by atoms with Crippen LogP contribution in [0.5, 0.6) is 11.5 Å². The van der Waals surface area contributed by atoms with Gasteiger partial charge in [-0.05, 0) is 62.6 Å². The molecule has 28 heavy (non-hydrogen) atoms. The summed E-state index contributed by atoms with van der Waals surface area (Å²) in [6.45, 7) is 3.86. The molecule has 1 saturated carbocycles. The van der Waals surface area contributed by atoms with Crippen molar-refractivity contribution in [3.8, 4) is 11.5 Å². The van der Waals surface area contributed by atoms with Crippen LogP contribution in [-0.2, 0) is 5.60 Å². The molecule has 4 N–H and O–H groups in total. The minimum absolute atomic E-state index is 0.0205. The van der Waals surface area contributed by atoms with E-state index in [2.05, 4.69) is 0 Å². The molecular weight excluding hydrogens is 378 g/mol. The van der Waals surface area contributed by atoms with Crippen molar-refractivity contribution in [2.45, 2.75) is 50.7 Å². The van der Waals surface area contributed by atoms with Crippen molar-refractivity contribution in [2.75, 3.05) is 0 Å². The van der Waals surface area contributed by atoms with Gasteiger partial charge in [0.05, 0.1) is 5.60 Å². The average Bonchev–Trinajstić information content (AvgIpc) is 2.61. The van der Waals surface area contributed by atoms with Crippen LogP contribution in [0.15, 0.2) is 42.5 Å². The molecule has 5 nitrogen and oxygen atoms in total. The zero-order valence-electron chi connectivity index (χ0n) is 16.1. The van der Waals surface area contributed by atoms with Gasteiger partial charge in [0, 0.05) is 16.5 Å². The normalized spacial score (nSPS) is 22.7. The lowest BCUT2D eigenvalue weighted by Crippen LogP contribution is -2.53. The summed E-state index contributed by atoms with van der Waals surface area (Å²) in [5, 5.41) is 21.8. The van der Waals surface area contributed by atoms with E-state index in [4.69, 9.17) is 22.1 Å². The first-order valence-electron chi connectivity index (χ1n) is 9.44. The van der Waals surface area contributed by atoms with Crippen LogP contribution in [0.4, 0.5) is 0 Å². The molecule has 2 aromatic rings. The van der Waals surface area contributed by atoms with E-state index >= 15 is 0 Å². The molecule has 0 amide bonds. The lowest BCUT2D eigenvalue weighted by molar-refractivity contribution is -0.0787. The van der Waals surface area contributed by atoms with Crippen molar-refractivity contribution >= 4 is 17.6 Å². The fraction of sp³-hybridized carbons (Fsp3) is 0.409. The van der Waals surface area contributed by atoms with Gasteiger partial charge < -0.3 is 20.7 Å². The Kier molecular flexibility index (Phi) is 5.71. The predicted molar refractivity (Wildman–Crippen MR) is 109 cm³/mol. The van der Waals surface area contributed by atoms with E-state index in [-0.39, 0.29) is 17.2 Å². The van der Waals surface area contributed by atoms with E-state index < -0.39 is 17.1 Å². The van der Waals surface area contributed by atoms with Crippen molar-refractivity contribution in [3.05, 3.63) is 58.6 Å². The zero-order valence-corrected chi connectivity index (χ0v) is 16.9. The van der Waals surface area contributed by atoms with Crippen LogP contribution in [0.25, 0.3) is 0 Å². The fourth-order valence-electron chi connectivity index (χ4n) is 4.16. The number of hydrogen-bond acceptors (Lipinski definition) is 5. The highest BCUT2D eigenvalue weighted by molar-refractivity contribution is 6.30. The number of carbonyl (C=O) groups excluding carboxylic acids is 1. The molecule has 1 aliphatic rings. The molecule has 0 spiro atoms. The maximum absolute atomic E-state index is 12.4. The Balaban J connectivity index is 1.88. The number of phenolic OH excluding ortho intramolecular Hbond substituents is 1. The maximum Gasteiger partial charge on any atom is 0.347 e. The number of carbonyl (C=O) groups is 1. The van der Waals surface area contributed by atoms with Gasteiger partial charge in [-0.3, -0.25) is 0 Å². The Labute approximate surface area is 170 Å². The summed E-state index contributed by atoms with van der Waals surface area (Å²) in [6, 6.07) is 11.1. The molecule has 1 fully saturated rings. The summed E-state index contributed by atoms with van der Waals surface area (Å²) in [5.41, 5.74) is 5.44. The molecule has 2 atom stereocenters.